The van der Waals surface area contributed by atoms with Crippen LogP contribution in [0, 0.1) is 5.82 Å². The van der Waals surface area contributed by atoms with Gasteiger partial charge in [0.15, 0.2) is 0 Å². The molecule has 23 heavy (non-hydrogen) atoms. The summed E-state index contributed by atoms with van der Waals surface area (Å²) in [6.07, 6.45) is 0. The Morgan fingerprint density at radius 1 is 0.783 bits per heavy atom. The smallest absolute Gasteiger partial charge is 0.314 e. The van der Waals surface area contributed by atoms with E-state index in [0.717, 1.165) is 6.07 Å². The third-order valence-corrected chi connectivity index (χ3v) is 2.73. The van der Waals surface area contributed by atoms with E-state index in [0.29, 0.717) is 11.4 Å². The average molecular weight is 315 g/mol. The van der Waals surface area contributed by atoms with Gasteiger partial charge < -0.3 is 16.0 Å². The fourth-order valence-corrected chi connectivity index (χ4v) is 1.82. The van der Waals surface area contributed by atoms with Gasteiger partial charge in [-0.15, -0.1) is 0 Å². The number of carbonyl (C=O) groups excluding carboxylic acids is 3. The number of amides is 3. The van der Waals surface area contributed by atoms with Crippen molar-refractivity contribution in [3.63, 3.8) is 0 Å². The second-order valence-corrected chi connectivity index (χ2v) is 4.68. The number of benzene rings is 2. The van der Waals surface area contributed by atoms with Crippen LogP contribution in [0.5, 0.6) is 0 Å². The maximum Gasteiger partial charge on any atom is 0.314 e. The van der Waals surface area contributed by atoms with Crippen molar-refractivity contribution < 1.29 is 18.8 Å². The summed E-state index contributed by atoms with van der Waals surface area (Å²) >= 11 is 0. The molecule has 3 N–H and O–H groups in total. The Labute approximate surface area is 131 Å². The molecule has 0 atom stereocenters. The lowest BCUT2D eigenvalue weighted by Gasteiger charge is -2.08. The molecule has 3 amide bonds. The topological polar surface area (TPSA) is 87.3 Å². The first kappa shape index (κ1) is 16.2. The maximum atomic E-state index is 13.0. The van der Waals surface area contributed by atoms with Crippen molar-refractivity contribution in [3.8, 4) is 0 Å². The molecule has 0 saturated heterocycles. The first-order valence-electron chi connectivity index (χ1n) is 6.69. The van der Waals surface area contributed by atoms with E-state index < -0.39 is 17.6 Å². The summed E-state index contributed by atoms with van der Waals surface area (Å²) in [4.78, 5) is 34.6. The van der Waals surface area contributed by atoms with Crippen molar-refractivity contribution in [2.75, 3.05) is 16.0 Å². The molecule has 0 fully saturated rings. The largest absolute Gasteiger partial charge is 0.326 e. The molecule has 0 bridgehead atoms. The van der Waals surface area contributed by atoms with Crippen LogP contribution < -0.4 is 16.0 Å². The zero-order valence-corrected chi connectivity index (χ0v) is 12.2. The van der Waals surface area contributed by atoms with Gasteiger partial charge in [0.05, 0.1) is 0 Å². The molecule has 0 heterocycles. The summed E-state index contributed by atoms with van der Waals surface area (Å²) in [5, 5.41) is 7.24. The van der Waals surface area contributed by atoms with Crippen molar-refractivity contribution in [1.82, 2.24) is 0 Å². The van der Waals surface area contributed by atoms with Crippen LogP contribution in [-0.4, -0.2) is 17.7 Å². The predicted octanol–water partition coefficient (Wildman–Crippen LogP) is 2.36. The summed E-state index contributed by atoms with van der Waals surface area (Å²) in [7, 11) is 0. The molecule has 7 heteroatoms. The molecule has 2 aromatic carbocycles. The second kappa shape index (κ2) is 7.17. The molecule has 0 spiro atoms. The normalized spacial score (nSPS) is 9.83. The Bertz CT molecular complexity index is 762. The third kappa shape index (κ3) is 4.92. The number of rotatable bonds is 3. The van der Waals surface area contributed by atoms with E-state index in [1.165, 1.54) is 31.2 Å². The van der Waals surface area contributed by atoms with Crippen molar-refractivity contribution in [3.05, 3.63) is 54.3 Å². The molecule has 0 aliphatic carbocycles. The van der Waals surface area contributed by atoms with Crippen LogP contribution in [0.3, 0.4) is 0 Å². The lowest BCUT2D eigenvalue weighted by molar-refractivity contribution is -0.132. The Morgan fingerprint density at radius 3 is 1.78 bits per heavy atom. The molecule has 2 rings (SSSR count). The van der Waals surface area contributed by atoms with Gasteiger partial charge in [0.2, 0.25) is 5.91 Å². The fourth-order valence-electron chi connectivity index (χ4n) is 1.82. The molecule has 0 aliphatic rings. The van der Waals surface area contributed by atoms with E-state index in [9.17, 15) is 18.8 Å². The highest BCUT2D eigenvalue weighted by molar-refractivity contribution is 6.43. The number of hydrogen-bond donors (Lipinski definition) is 3. The zero-order valence-electron chi connectivity index (χ0n) is 12.2. The minimum Gasteiger partial charge on any atom is -0.326 e. The molecule has 0 saturated carbocycles. The molecule has 2 aromatic rings. The van der Waals surface area contributed by atoms with E-state index in [1.807, 2.05) is 0 Å². The van der Waals surface area contributed by atoms with Crippen LogP contribution in [0.25, 0.3) is 0 Å². The van der Waals surface area contributed by atoms with Crippen molar-refractivity contribution in [1.29, 1.82) is 0 Å². The summed E-state index contributed by atoms with van der Waals surface area (Å²) in [6.45, 7) is 1.36. The van der Waals surface area contributed by atoms with Gasteiger partial charge in [-0.25, -0.2) is 4.39 Å². The quantitative estimate of drug-likeness (QED) is 0.760. The average Bonchev–Trinajstić information content (AvgIpc) is 2.46. The number of hydrogen-bond acceptors (Lipinski definition) is 3. The molecule has 0 radical (unpaired) electrons. The van der Waals surface area contributed by atoms with Gasteiger partial charge in [-0.05, 0) is 36.4 Å². The van der Waals surface area contributed by atoms with Gasteiger partial charge >= 0.3 is 11.8 Å². The summed E-state index contributed by atoms with van der Waals surface area (Å²) in [6, 6.07) is 11.5. The lowest BCUT2D eigenvalue weighted by atomic mass is 10.2. The number of anilines is 3. The highest BCUT2D eigenvalue weighted by atomic mass is 19.1. The molecular weight excluding hydrogens is 301 g/mol. The monoisotopic (exact) mass is 315 g/mol. The minimum absolute atomic E-state index is 0.178. The molecule has 6 nitrogen and oxygen atoms in total. The highest BCUT2D eigenvalue weighted by Gasteiger charge is 2.14. The van der Waals surface area contributed by atoms with Crippen molar-refractivity contribution in [2.45, 2.75) is 6.92 Å². The highest BCUT2D eigenvalue weighted by Crippen LogP contribution is 2.15. The van der Waals surface area contributed by atoms with Gasteiger partial charge in [-0.3, -0.25) is 14.4 Å². The van der Waals surface area contributed by atoms with Gasteiger partial charge in [0.1, 0.15) is 5.82 Å². The molecule has 0 aliphatic heterocycles. The Kier molecular flexibility index (Phi) is 5.03. The van der Waals surface area contributed by atoms with E-state index in [4.69, 9.17) is 0 Å². The van der Waals surface area contributed by atoms with Crippen LogP contribution in [0.1, 0.15) is 6.92 Å². The van der Waals surface area contributed by atoms with Gasteiger partial charge in [-0.1, -0.05) is 12.1 Å². The van der Waals surface area contributed by atoms with Crippen molar-refractivity contribution >= 4 is 34.8 Å². The lowest BCUT2D eigenvalue weighted by Crippen LogP contribution is -2.29. The molecule has 0 aromatic heterocycles. The summed E-state index contributed by atoms with van der Waals surface area (Å²) < 4.78 is 13.0. The summed E-state index contributed by atoms with van der Waals surface area (Å²) in [5.74, 6) is -2.61. The van der Waals surface area contributed by atoms with E-state index in [1.54, 1.807) is 18.2 Å². The zero-order chi connectivity index (χ0) is 16.8. The van der Waals surface area contributed by atoms with Crippen LogP contribution in [-0.2, 0) is 14.4 Å². The Morgan fingerprint density at radius 2 is 1.26 bits per heavy atom. The van der Waals surface area contributed by atoms with E-state index in [2.05, 4.69) is 16.0 Å². The van der Waals surface area contributed by atoms with Crippen molar-refractivity contribution in [2.24, 2.45) is 0 Å². The number of halogens is 1. The number of carbonyl (C=O) groups is 3. The van der Waals surface area contributed by atoms with E-state index in [-0.39, 0.29) is 11.6 Å². The Hall–Kier alpha value is -3.22. The molecule has 0 unspecified atom stereocenters. The SMILES string of the molecule is CC(=O)Nc1cccc(NC(=O)C(=O)Nc2cccc(F)c2)c1. The molecule has 118 valence electrons. The maximum absolute atomic E-state index is 13.0. The molecular formula is C16H14FN3O3. The Balaban J connectivity index is 2.01. The number of nitrogens with one attached hydrogen (secondary N) is 3. The van der Waals surface area contributed by atoms with E-state index >= 15 is 0 Å². The first-order valence-corrected chi connectivity index (χ1v) is 6.69. The summed E-state index contributed by atoms with van der Waals surface area (Å²) in [5.41, 5.74) is 1.01. The van der Waals surface area contributed by atoms with Gasteiger partial charge in [-0.2, -0.15) is 0 Å². The van der Waals surface area contributed by atoms with Gasteiger partial charge in [0, 0.05) is 24.0 Å². The van der Waals surface area contributed by atoms with Crippen LogP contribution in [0.4, 0.5) is 21.5 Å². The van der Waals surface area contributed by atoms with Crippen LogP contribution in [0.15, 0.2) is 48.5 Å². The van der Waals surface area contributed by atoms with Crippen LogP contribution in [0.2, 0.25) is 0 Å². The minimum atomic E-state index is -0.930. The fraction of sp³-hybridized carbons (Fsp3) is 0.0625. The first-order chi connectivity index (χ1) is 10.9. The van der Waals surface area contributed by atoms with Crippen LogP contribution >= 0.6 is 0 Å². The standard InChI is InChI=1S/C16H14FN3O3/c1-10(21)18-13-6-3-7-14(9-13)20-16(23)15(22)19-12-5-2-4-11(17)8-12/h2-9H,1H3,(H,18,21)(H,19,22)(H,20,23). The van der Waals surface area contributed by atoms with Gasteiger partial charge in [0.25, 0.3) is 0 Å². The predicted molar refractivity (Wildman–Crippen MR) is 84.4 cm³/mol. The second-order valence-electron chi connectivity index (χ2n) is 4.68. The third-order valence-electron chi connectivity index (χ3n) is 2.73.